The number of benzene rings is 1. The molecule has 2 nitrogen and oxygen atoms in total. The molecule has 0 fully saturated rings. The zero-order valence-corrected chi connectivity index (χ0v) is 11.8. The highest BCUT2D eigenvalue weighted by Crippen LogP contribution is 2.41. The van der Waals surface area contributed by atoms with E-state index in [2.05, 4.69) is 20.7 Å². The maximum Gasteiger partial charge on any atom is 0.446 e. The van der Waals surface area contributed by atoms with E-state index in [0.29, 0.717) is 16.5 Å². The number of carbonyl (C=O) groups is 1. The Morgan fingerprint density at radius 3 is 2.67 bits per heavy atom. The standard InChI is InChI=1S/C11H10BrF3O2S/c1-17-9(16)6-5-7-3-2-4-8(10(7)12)18-11(13,14)15/h2-4H,5-6H2,1H3. The average Bonchev–Trinajstić information content (AvgIpc) is 2.28. The second kappa shape index (κ2) is 6.47. The molecule has 1 aromatic rings. The number of methoxy groups -OCH3 is 1. The van der Waals surface area contributed by atoms with Crippen molar-refractivity contribution in [2.75, 3.05) is 7.11 Å². The van der Waals surface area contributed by atoms with Gasteiger partial charge in [0.1, 0.15) is 0 Å². The number of ether oxygens (including phenoxy) is 1. The smallest absolute Gasteiger partial charge is 0.446 e. The van der Waals surface area contributed by atoms with Crippen molar-refractivity contribution < 1.29 is 22.7 Å². The molecule has 0 aliphatic rings. The van der Waals surface area contributed by atoms with Crippen LogP contribution in [0, 0.1) is 0 Å². The van der Waals surface area contributed by atoms with Crippen LogP contribution in [-0.2, 0) is 16.0 Å². The first-order valence-electron chi connectivity index (χ1n) is 4.93. The largest absolute Gasteiger partial charge is 0.469 e. The number of rotatable bonds is 4. The first-order valence-corrected chi connectivity index (χ1v) is 6.54. The molecular weight excluding hydrogens is 333 g/mol. The van der Waals surface area contributed by atoms with Crippen molar-refractivity contribution >= 4 is 33.7 Å². The number of hydrogen-bond acceptors (Lipinski definition) is 3. The van der Waals surface area contributed by atoms with Crippen LogP contribution in [0.5, 0.6) is 0 Å². The van der Waals surface area contributed by atoms with Crippen LogP contribution in [0.25, 0.3) is 0 Å². The molecule has 0 aromatic heterocycles. The van der Waals surface area contributed by atoms with E-state index in [1.807, 2.05) is 0 Å². The molecule has 0 atom stereocenters. The van der Waals surface area contributed by atoms with Gasteiger partial charge in [0.05, 0.1) is 7.11 Å². The van der Waals surface area contributed by atoms with Gasteiger partial charge in [-0.25, -0.2) is 0 Å². The highest BCUT2D eigenvalue weighted by Gasteiger charge is 2.30. The van der Waals surface area contributed by atoms with E-state index in [9.17, 15) is 18.0 Å². The van der Waals surface area contributed by atoms with Crippen molar-refractivity contribution in [1.82, 2.24) is 0 Å². The van der Waals surface area contributed by atoms with E-state index < -0.39 is 11.5 Å². The SMILES string of the molecule is COC(=O)CCc1cccc(SC(F)(F)F)c1Br. The molecule has 0 bridgehead atoms. The van der Waals surface area contributed by atoms with Gasteiger partial charge < -0.3 is 4.74 Å². The second-order valence-electron chi connectivity index (χ2n) is 3.35. The third-order valence-electron chi connectivity index (χ3n) is 2.10. The fourth-order valence-corrected chi connectivity index (χ4v) is 2.61. The monoisotopic (exact) mass is 342 g/mol. The molecule has 0 unspecified atom stereocenters. The molecule has 100 valence electrons. The van der Waals surface area contributed by atoms with Gasteiger partial charge in [0.15, 0.2) is 0 Å². The Bertz CT molecular complexity index is 435. The summed E-state index contributed by atoms with van der Waals surface area (Å²) in [6.45, 7) is 0. The lowest BCUT2D eigenvalue weighted by molar-refractivity contribution is -0.140. The number of thioether (sulfide) groups is 1. The molecule has 0 saturated carbocycles. The Morgan fingerprint density at radius 2 is 2.11 bits per heavy atom. The van der Waals surface area contributed by atoms with Crippen molar-refractivity contribution in [3.8, 4) is 0 Å². The van der Waals surface area contributed by atoms with E-state index in [-0.39, 0.29) is 23.1 Å². The maximum atomic E-state index is 12.3. The predicted octanol–water partition coefficient (Wildman–Crippen LogP) is 4.17. The number of aryl methyl sites for hydroxylation is 1. The highest BCUT2D eigenvalue weighted by atomic mass is 79.9. The van der Waals surface area contributed by atoms with Crippen molar-refractivity contribution in [2.24, 2.45) is 0 Å². The quantitative estimate of drug-likeness (QED) is 0.606. The molecule has 0 heterocycles. The minimum Gasteiger partial charge on any atom is -0.469 e. The zero-order valence-electron chi connectivity index (χ0n) is 9.38. The Kier molecular flexibility index (Phi) is 5.52. The van der Waals surface area contributed by atoms with Gasteiger partial charge >= 0.3 is 11.5 Å². The van der Waals surface area contributed by atoms with Crippen LogP contribution in [0.15, 0.2) is 27.6 Å². The normalized spacial score (nSPS) is 11.4. The van der Waals surface area contributed by atoms with Gasteiger partial charge in [0.25, 0.3) is 0 Å². The summed E-state index contributed by atoms with van der Waals surface area (Å²) in [4.78, 5) is 11.1. The first-order chi connectivity index (χ1) is 8.33. The van der Waals surface area contributed by atoms with Gasteiger partial charge in [-0.05, 0) is 45.7 Å². The summed E-state index contributed by atoms with van der Waals surface area (Å²) in [6.07, 6.45) is 0.467. The molecule has 18 heavy (non-hydrogen) atoms. The minimum absolute atomic E-state index is 0.0878. The molecule has 0 spiro atoms. The van der Waals surface area contributed by atoms with E-state index in [1.165, 1.54) is 19.2 Å². The van der Waals surface area contributed by atoms with Gasteiger partial charge in [-0.15, -0.1) is 0 Å². The topological polar surface area (TPSA) is 26.3 Å². The summed E-state index contributed by atoms with van der Waals surface area (Å²) in [5.41, 5.74) is -3.68. The lowest BCUT2D eigenvalue weighted by Gasteiger charge is -2.10. The van der Waals surface area contributed by atoms with E-state index in [4.69, 9.17) is 0 Å². The van der Waals surface area contributed by atoms with Crippen molar-refractivity contribution in [3.05, 3.63) is 28.2 Å². The molecule has 0 aliphatic carbocycles. The first kappa shape index (κ1) is 15.4. The van der Waals surface area contributed by atoms with Crippen LogP contribution in [-0.4, -0.2) is 18.6 Å². The lowest BCUT2D eigenvalue weighted by atomic mass is 10.1. The highest BCUT2D eigenvalue weighted by molar-refractivity contribution is 9.10. The van der Waals surface area contributed by atoms with Gasteiger partial charge in [-0.1, -0.05) is 12.1 Å². The molecule has 1 aromatic carbocycles. The number of halogens is 4. The molecule has 7 heteroatoms. The van der Waals surface area contributed by atoms with Crippen molar-refractivity contribution in [2.45, 2.75) is 23.2 Å². The Labute approximate surface area is 115 Å². The number of hydrogen-bond donors (Lipinski definition) is 0. The Hall–Kier alpha value is -0.690. The maximum absolute atomic E-state index is 12.3. The summed E-state index contributed by atoms with van der Waals surface area (Å²) >= 11 is 2.95. The third-order valence-corrected chi connectivity index (χ3v) is 4.09. The van der Waals surface area contributed by atoms with Gasteiger partial charge in [-0.3, -0.25) is 4.79 Å². The van der Waals surface area contributed by atoms with E-state index >= 15 is 0 Å². The summed E-state index contributed by atoms with van der Waals surface area (Å²) < 4.78 is 41.7. The van der Waals surface area contributed by atoms with Crippen LogP contribution < -0.4 is 0 Å². The van der Waals surface area contributed by atoms with Gasteiger partial charge in [0, 0.05) is 15.8 Å². The van der Waals surface area contributed by atoms with Crippen molar-refractivity contribution in [3.63, 3.8) is 0 Å². The van der Waals surface area contributed by atoms with E-state index in [1.54, 1.807) is 6.07 Å². The molecular formula is C11H10BrF3O2S. The molecule has 0 saturated heterocycles. The van der Waals surface area contributed by atoms with Gasteiger partial charge in [-0.2, -0.15) is 13.2 Å². The summed E-state index contributed by atoms with van der Waals surface area (Å²) in [5, 5.41) is 0. The predicted molar refractivity (Wildman–Crippen MR) is 66.4 cm³/mol. The Morgan fingerprint density at radius 1 is 1.44 bits per heavy atom. The number of carbonyl (C=O) groups excluding carboxylic acids is 1. The molecule has 0 amide bonds. The van der Waals surface area contributed by atoms with Gasteiger partial charge in [0.2, 0.25) is 0 Å². The molecule has 1 rings (SSSR count). The zero-order chi connectivity index (χ0) is 13.8. The van der Waals surface area contributed by atoms with Crippen LogP contribution in [0.1, 0.15) is 12.0 Å². The number of alkyl halides is 3. The van der Waals surface area contributed by atoms with Crippen LogP contribution in [0.2, 0.25) is 0 Å². The van der Waals surface area contributed by atoms with Crippen LogP contribution in [0.4, 0.5) is 13.2 Å². The fraction of sp³-hybridized carbons (Fsp3) is 0.364. The molecule has 0 aliphatic heterocycles. The van der Waals surface area contributed by atoms with Crippen LogP contribution >= 0.6 is 27.7 Å². The van der Waals surface area contributed by atoms with E-state index in [0.717, 1.165) is 0 Å². The molecule has 0 N–H and O–H groups in total. The van der Waals surface area contributed by atoms with Crippen LogP contribution in [0.3, 0.4) is 0 Å². The summed E-state index contributed by atoms with van der Waals surface area (Å²) in [6, 6.07) is 4.59. The summed E-state index contributed by atoms with van der Waals surface area (Å²) in [5.74, 6) is -0.393. The average molecular weight is 343 g/mol. The minimum atomic E-state index is -4.33. The lowest BCUT2D eigenvalue weighted by Crippen LogP contribution is -2.03. The van der Waals surface area contributed by atoms with Crippen molar-refractivity contribution in [1.29, 1.82) is 0 Å². The second-order valence-corrected chi connectivity index (χ2v) is 5.25. The third kappa shape index (κ3) is 4.89. The summed E-state index contributed by atoms with van der Waals surface area (Å²) in [7, 11) is 1.27. The Balaban J connectivity index is 2.82. The molecule has 0 radical (unpaired) electrons. The fourth-order valence-electron chi connectivity index (χ4n) is 1.29. The number of esters is 1.